The minimum Gasteiger partial charge on any atom is -0.441 e. The van der Waals surface area contributed by atoms with Crippen LogP contribution in [-0.4, -0.2) is 46.5 Å². The highest BCUT2D eigenvalue weighted by molar-refractivity contribution is 7.98. The third kappa shape index (κ3) is 4.15. The van der Waals surface area contributed by atoms with Gasteiger partial charge in [0.1, 0.15) is 0 Å². The summed E-state index contributed by atoms with van der Waals surface area (Å²) in [5.74, 6) is 3.29. The summed E-state index contributed by atoms with van der Waals surface area (Å²) in [7, 11) is 0. The van der Waals surface area contributed by atoms with Crippen LogP contribution in [0.3, 0.4) is 0 Å². The number of thioether (sulfide) groups is 1. The Kier molecular flexibility index (Phi) is 5.52. The SMILES string of the molecule is CSC[C@@H]1CCN(CCc2ncc(-c3cccc([N+](=O)[O-])c3)o2)C1. The van der Waals surface area contributed by atoms with Gasteiger partial charge in [-0.25, -0.2) is 4.98 Å². The molecule has 1 aromatic carbocycles. The molecule has 2 heterocycles. The van der Waals surface area contributed by atoms with Gasteiger partial charge < -0.3 is 9.32 Å². The molecule has 0 radical (unpaired) electrons. The molecular weight excluding hydrogens is 326 g/mol. The molecule has 1 aliphatic heterocycles. The molecule has 0 spiro atoms. The van der Waals surface area contributed by atoms with Crippen LogP contribution in [0.2, 0.25) is 0 Å². The summed E-state index contributed by atoms with van der Waals surface area (Å²) < 4.78 is 5.77. The Bertz CT molecular complexity index is 704. The van der Waals surface area contributed by atoms with Crippen LogP contribution < -0.4 is 0 Å². The number of nitrogens with zero attached hydrogens (tertiary/aromatic N) is 3. The molecule has 3 rings (SSSR count). The van der Waals surface area contributed by atoms with Gasteiger partial charge >= 0.3 is 0 Å². The number of rotatable bonds is 7. The molecule has 0 bridgehead atoms. The highest BCUT2D eigenvalue weighted by Gasteiger charge is 2.22. The van der Waals surface area contributed by atoms with E-state index in [0.717, 1.165) is 32.0 Å². The maximum Gasteiger partial charge on any atom is 0.270 e. The molecule has 0 saturated carbocycles. The van der Waals surface area contributed by atoms with Crippen LogP contribution in [0.1, 0.15) is 12.3 Å². The van der Waals surface area contributed by atoms with Gasteiger partial charge in [-0.15, -0.1) is 0 Å². The summed E-state index contributed by atoms with van der Waals surface area (Å²) in [6.07, 6.45) is 5.84. The molecule has 128 valence electrons. The maximum atomic E-state index is 10.9. The van der Waals surface area contributed by atoms with Crippen molar-refractivity contribution in [3.05, 3.63) is 46.5 Å². The Morgan fingerprint density at radius 2 is 2.38 bits per heavy atom. The second kappa shape index (κ2) is 7.81. The summed E-state index contributed by atoms with van der Waals surface area (Å²) in [4.78, 5) is 17.2. The Balaban J connectivity index is 1.58. The van der Waals surface area contributed by atoms with Crippen LogP contribution >= 0.6 is 11.8 Å². The number of aromatic nitrogens is 1. The van der Waals surface area contributed by atoms with Gasteiger partial charge in [0, 0.05) is 37.2 Å². The molecule has 0 aliphatic carbocycles. The fourth-order valence-electron chi connectivity index (χ4n) is 3.07. The first kappa shape index (κ1) is 17.0. The van der Waals surface area contributed by atoms with Crippen LogP contribution in [0.15, 0.2) is 34.9 Å². The van der Waals surface area contributed by atoms with E-state index >= 15 is 0 Å². The third-order valence-electron chi connectivity index (χ3n) is 4.31. The lowest BCUT2D eigenvalue weighted by molar-refractivity contribution is -0.384. The molecular formula is C17H21N3O3S. The number of hydrogen-bond acceptors (Lipinski definition) is 6. The molecule has 1 aliphatic rings. The molecule has 6 nitrogen and oxygen atoms in total. The van der Waals surface area contributed by atoms with Crippen LogP contribution in [0.5, 0.6) is 0 Å². The van der Waals surface area contributed by atoms with Crippen molar-refractivity contribution in [1.82, 2.24) is 9.88 Å². The molecule has 1 aromatic heterocycles. The van der Waals surface area contributed by atoms with Gasteiger partial charge in [-0.2, -0.15) is 11.8 Å². The van der Waals surface area contributed by atoms with Crippen LogP contribution in [0, 0.1) is 16.0 Å². The van der Waals surface area contributed by atoms with Gasteiger partial charge in [-0.3, -0.25) is 10.1 Å². The zero-order valence-electron chi connectivity index (χ0n) is 13.7. The van der Waals surface area contributed by atoms with Crippen LogP contribution in [0.25, 0.3) is 11.3 Å². The van der Waals surface area contributed by atoms with Crippen molar-refractivity contribution >= 4 is 17.4 Å². The summed E-state index contributed by atoms with van der Waals surface area (Å²) in [6, 6.07) is 6.44. The van der Waals surface area contributed by atoms with E-state index in [2.05, 4.69) is 16.1 Å². The standard InChI is InChI=1S/C17H21N3O3S/c1-24-12-13-5-7-19(11-13)8-6-17-18-10-16(23-17)14-3-2-4-15(9-14)20(21)22/h2-4,9-10,13H,5-8,11-12H2,1H3/t13-/m1/s1. The Hall–Kier alpha value is -1.86. The van der Waals surface area contributed by atoms with Gasteiger partial charge in [-0.1, -0.05) is 12.1 Å². The van der Waals surface area contributed by atoms with Crippen molar-refractivity contribution in [2.75, 3.05) is 31.6 Å². The van der Waals surface area contributed by atoms with Crippen molar-refractivity contribution in [2.24, 2.45) is 5.92 Å². The first-order valence-corrected chi connectivity index (χ1v) is 9.46. The Morgan fingerprint density at radius 1 is 1.50 bits per heavy atom. The van der Waals surface area contributed by atoms with Gasteiger partial charge in [0.2, 0.25) is 0 Å². The average Bonchev–Trinajstić information content (AvgIpc) is 3.23. The monoisotopic (exact) mass is 347 g/mol. The zero-order chi connectivity index (χ0) is 16.9. The number of oxazole rings is 1. The zero-order valence-corrected chi connectivity index (χ0v) is 14.5. The molecule has 1 atom stereocenters. The Morgan fingerprint density at radius 3 is 3.17 bits per heavy atom. The molecule has 0 N–H and O–H groups in total. The van der Waals surface area contributed by atoms with Crippen molar-refractivity contribution in [3.8, 4) is 11.3 Å². The van der Waals surface area contributed by atoms with E-state index in [4.69, 9.17) is 4.42 Å². The van der Waals surface area contributed by atoms with E-state index in [1.165, 1.54) is 24.3 Å². The normalized spacial score (nSPS) is 18.1. The number of non-ortho nitro benzene ring substituents is 1. The second-order valence-electron chi connectivity index (χ2n) is 6.09. The van der Waals surface area contributed by atoms with Crippen molar-refractivity contribution in [3.63, 3.8) is 0 Å². The number of nitro benzene ring substituents is 1. The smallest absolute Gasteiger partial charge is 0.270 e. The average molecular weight is 347 g/mol. The molecule has 7 heteroatoms. The van der Waals surface area contributed by atoms with Gasteiger partial charge in [-0.05, 0) is 30.9 Å². The maximum absolute atomic E-state index is 10.9. The lowest BCUT2D eigenvalue weighted by atomic mass is 10.2. The quantitative estimate of drug-likeness (QED) is 0.564. The number of nitro groups is 1. The first-order valence-electron chi connectivity index (χ1n) is 8.06. The van der Waals surface area contributed by atoms with Gasteiger partial charge in [0.15, 0.2) is 11.7 Å². The van der Waals surface area contributed by atoms with E-state index < -0.39 is 4.92 Å². The van der Waals surface area contributed by atoms with E-state index in [0.29, 0.717) is 17.2 Å². The van der Waals surface area contributed by atoms with Crippen LogP contribution in [0.4, 0.5) is 5.69 Å². The van der Waals surface area contributed by atoms with E-state index in [1.807, 2.05) is 11.8 Å². The number of hydrogen-bond donors (Lipinski definition) is 0. The predicted molar refractivity (Wildman–Crippen MR) is 95.2 cm³/mol. The largest absolute Gasteiger partial charge is 0.441 e. The van der Waals surface area contributed by atoms with E-state index in [1.54, 1.807) is 18.3 Å². The Labute approximate surface area is 145 Å². The lowest BCUT2D eigenvalue weighted by Gasteiger charge is -2.14. The fourth-order valence-corrected chi connectivity index (χ4v) is 3.82. The summed E-state index contributed by atoms with van der Waals surface area (Å²) >= 11 is 1.91. The van der Waals surface area contributed by atoms with Gasteiger partial charge in [0.05, 0.1) is 11.1 Å². The topological polar surface area (TPSA) is 72.4 Å². The van der Waals surface area contributed by atoms with Gasteiger partial charge in [0.25, 0.3) is 5.69 Å². The highest BCUT2D eigenvalue weighted by Crippen LogP contribution is 2.25. The number of benzene rings is 1. The summed E-state index contributed by atoms with van der Waals surface area (Å²) in [5, 5.41) is 10.9. The molecule has 0 amide bonds. The lowest BCUT2D eigenvalue weighted by Crippen LogP contribution is -2.23. The molecule has 24 heavy (non-hydrogen) atoms. The van der Waals surface area contributed by atoms with Crippen molar-refractivity contribution in [1.29, 1.82) is 0 Å². The van der Waals surface area contributed by atoms with Crippen LogP contribution in [-0.2, 0) is 6.42 Å². The molecule has 1 saturated heterocycles. The second-order valence-corrected chi connectivity index (χ2v) is 7.00. The van der Waals surface area contributed by atoms with Crippen molar-refractivity contribution in [2.45, 2.75) is 12.8 Å². The fraction of sp³-hybridized carbons (Fsp3) is 0.471. The molecule has 1 fully saturated rings. The first-order chi connectivity index (χ1) is 11.7. The minimum atomic E-state index is -0.404. The molecule has 2 aromatic rings. The summed E-state index contributed by atoms with van der Waals surface area (Å²) in [5.41, 5.74) is 0.742. The molecule has 0 unspecified atom stereocenters. The third-order valence-corrected chi connectivity index (χ3v) is 5.11. The predicted octanol–water partition coefficient (Wildman–Crippen LogP) is 3.48. The van der Waals surface area contributed by atoms with E-state index in [-0.39, 0.29) is 5.69 Å². The minimum absolute atomic E-state index is 0.0577. The summed E-state index contributed by atoms with van der Waals surface area (Å²) in [6.45, 7) is 3.24. The highest BCUT2D eigenvalue weighted by atomic mass is 32.2. The van der Waals surface area contributed by atoms with Crippen molar-refractivity contribution < 1.29 is 9.34 Å². The number of likely N-dealkylation sites (tertiary alicyclic amines) is 1. The van der Waals surface area contributed by atoms with E-state index in [9.17, 15) is 10.1 Å².